The molecule has 0 rings (SSSR count). The smallest absolute Gasteiger partial charge is 0.407 e. The molecule has 0 aromatic carbocycles. The summed E-state index contributed by atoms with van der Waals surface area (Å²) >= 11 is 0. The Morgan fingerprint density at radius 2 is 0.923 bits per heavy atom. The first-order valence-corrected chi connectivity index (χ1v) is 22.6. The third-order valence-corrected chi connectivity index (χ3v) is 9.82. The third kappa shape index (κ3) is 43.0. The van der Waals surface area contributed by atoms with Crippen molar-refractivity contribution < 1.29 is 19.0 Å². The number of nitrogens with zero attached hydrogens (tertiary/aromatic N) is 1. The van der Waals surface area contributed by atoms with E-state index in [2.05, 4.69) is 62.5 Å². The van der Waals surface area contributed by atoms with E-state index >= 15 is 0 Å². The van der Waals surface area contributed by atoms with Gasteiger partial charge in [0.2, 0.25) is 0 Å². The van der Waals surface area contributed by atoms with Gasteiger partial charge in [-0.15, -0.1) is 0 Å². The molecular formula is C46H90N2O4. The zero-order valence-electron chi connectivity index (χ0n) is 35.4. The van der Waals surface area contributed by atoms with Crippen LogP contribution < -0.4 is 5.32 Å². The summed E-state index contributed by atoms with van der Waals surface area (Å²) < 4.78 is 17.6. The van der Waals surface area contributed by atoms with Crippen LogP contribution in [0.5, 0.6) is 0 Å². The SMILES string of the molecule is CCCCCCCC/C=C\CCCCCCCCOCC(CNC(=O)OCCCCN(C)C)OCCCCCCCC/C=C\CCCCCCCC. The highest BCUT2D eigenvalue weighted by molar-refractivity contribution is 5.67. The normalized spacial score (nSPS) is 12.5. The molecule has 1 atom stereocenters. The van der Waals surface area contributed by atoms with Gasteiger partial charge in [-0.3, -0.25) is 0 Å². The molecule has 0 aliphatic rings. The lowest BCUT2D eigenvalue weighted by atomic mass is 10.1. The maximum atomic E-state index is 12.3. The Hall–Kier alpha value is -1.37. The number of nitrogens with one attached hydrogen (secondary N) is 1. The zero-order chi connectivity index (χ0) is 37.8. The van der Waals surface area contributed by atoms with Crippen LogP contribution in [-0.4, -0.2) is 70.7 Å². The summed E-state index contributed by atoms with van der Waals surface area (Å²) in [6.07, 6.45) is 47.5. The summed E-state index contributed by atoms with van der Waals surface area (Å²) in [4.78, 5) is 14.4. The van der Waals surface area contributed by atoms with E-state index in [1.807, 2.05) is 0 Å². The molecular weight excluding hydrogens is 645 g/mol. The fraction of sp³-hybridized carbons (Fsp3) is 0.891. The van der Waals surface area contributed by atoms with E-state index in [-0.39, 0.29) is 12.2 Å². The van der Waals surface area contributed by atoms with E-state index < -0.39 is 0 Å². The summed E-state index contributed by atoms with van der Waals surface area (Å²) in [5.41, 5.74) is 0. The van der Waals surface area contributed by atoms with Crippen LogP contribution in [0.3, 0.4) is 0 Å². The van der Waals surface area contributed by atoms with Crippen LogP contribution in [0.15, 0.2) is 24.3 Å². The molecule has 0 aliphatic carbocycles. The lowest BCUT2D eigenvalue weighted by Gasteiger charge is -2.19. The Kier molecular flexibility index (Phi) is 42.9. The van der Waals surface area contributed by atoms with Crippen LogP contribution >= 0.6 is 0 Å². The van der Waals surface area contributed by atoms with Crippen molar-refractivity contribution in [3.8, 4) is 0 Å². The molecule has 1 unspecified atom stereocenters. The topological polar surface area (TPSA) is 60.0 Å². The number of allylic oxidation sites excluding steroid dienone is 4. The maximum absolute atomic E-state index is 12.3. The molecule has 0 aromatic rings. The minimum absolute atomic E-state index is 0.140. The molecule has 0 saturated heterocycles. The van der Waals surface area contributed by atoms with Gasteiger partial charge in [0, 0.05) is 19.8 Å². The molecule has 308 valence electrons. The number of carbonyl (C=O) groups excluding carboxylic acids is 1. The van der Waals surface area contributed by atoms with Crippen LogP contribution in [0.4, 0.5) is 4.79 Å². The number of hydrogen-bond acceptors (Lipinski definition) is 5. The summed E-state index contributed by atoms with van der Waals surface area (Å²) in [6, 6.07) is 0. The summed E-state index contributed by atoms with van der Waals surface area (Å²) in [5.74, 6) is 0. The first kappa shape index (κ1) is 50.6. The minimum atomic E-state index is -0.357. The van der Waals surface area contributed by atoms with Gasteiger partial charge in [-0.25, -0.2) is 4.79 Å². The predicted octanol–water partition coefficient (Wildman–Crippen LogP) is 13.5. The lowest BCUT2D eigenvalue weighted by Crippen LogP contribution is -2.37. The molecule has 0 radical (unpaired) electrons. The van der Waals surface area contributed by atoms with Crippen molar-refractivity contribution in [2.24, 2.45) is 0 Å². The second-order valence-electron chi connectivity index (χ2n) is 15.5. The van der Waals surface area contributed by atoms with Crippen LogP contribution in [0.1, 0.15) is 206 Å². The molecule has 0 fully saturated rings. The van der Waals surface area contributed by atoms with Gasteiger partial charge in [0.1, 0.15) is 0 Å². The van der Waals surface area contributed by atoms with Crippen LogP contribution in [-0.2, 0) is 14.2 Å². The zero-order valence-corrected chi connectivity index (χ0v) is 35.4. The molecule has 52 heavy (non-hydrogen) atoms. The van der Waals surface area contributed by atoms with Crippen molar-refractivity contribution in [2.75, 3.05) is 53.6 Å². The molecule has 0 spiro atoms. The van der Waals surface area contributed by atoms with Crippen molar-refractivity contribution in [1.29, 1.82) is 0 Å². The van der Waals surface area contributed by atoms with E-state index in [4.69, 9.17) is 14.2 Å². The molecule has 0 aromatic heterocycles. The maximum Gasteiger partial charge on any atom is 0.407 e. The Morgan fingerprint density at radius 1 is 0.519 bits per heavy atom. The number of ether oxygens (including phenoxy) is 3. The van der Waals surface area contributed by atoms with Gasteiger partial charge in [0.15, 0.2) is 0 Å². The molecule has 6 heteroatoms. The Bertz CT molecular complexity index is 757. The van der Waals surface area contributed by atoms with Gasteiger partial charge >= 0.3 is 6.09 Å². The standard InChI is InChI=1S/C46H90N2O4/c1-5-7-9-11-13-15-17-19-21-23-25-27-29-31-33-36-40-50-44-45(43-47-46(49)52-42-38-35-39-48(3)4)51-41-37-34-32-30-28-26-24-22-20-18-16-14-12-10-8-6-2/h19-22,45H,5-18,23-44H2,1-4H3,(H,47,49)/b21-19-,22-20-. The lowest BCUT2D eigenvalue weighted by molar-refractivity contribution is -0.0175. The monoisotopic (exact) mass is 735 g/mol. The molecule has 1 N–H and O–H groups in total. The van der Waals surface area contributed by atoms with Crippen LogP contribution in [0.25, 0.3) is 0 Å². The van der Waals surface area contributed by atoms with Gasteiger partial charge in [0.05, 0.1) is 19.3 Å². The minimum Gasteiger partial charge on any atom is -0.450 e. The van der Waals surface area contributed by atoms with Crippen molar-refractivity contribution in [3.63, 3.8) is 0 Å². The molecule has 1 amide bonds. The quantitative estimate of drug-likeness (QED) is 0.0500. The van der Waals surface area contributed by atoms with E-state index in [1.165, 1.54) is 167 Å². The molecule has 0 bridgehead atoms. The second-order valence-corrected chi connectivity index (χ2v) is 15.5. The van der Waals surface area contributed by atoms with Crippen molar-refractivity contribution in [1.82, 2.24) is 10.2 Å². The van der Waals surface area contributed by atoms with Gasteiger partial charge in [0.25, 0.3) is 0 Å². The summed E-state index contributed by atoms with van der Waals surface area (Å²) in [7, 11) is 4.12. The average molecular weight is 735 g/mol. The average Bonchev–Trinajstić information content (AvgIpc) is 3.13. The number of amides is 1. The number of hydrogen-bond donors (Lipinski definition) is 1. The highest BCUT2D eigenvalue weighted by Crippen LogP contribution is 2.12. The van der Waals surface area contributed by atoms with Gasteiger partial charge in [-0.05, 0) is 97.7 Å². The van der Waals surface area contributed by atoms with Crippen molar-refractivity contribution >= 4 is 6.09 Å². The molecule has 0 saturated carbocycles. The second kappa shape index (κ2) is 44.0. The first-order valence-electron chi connectivity index (χ1n) is 22.6. The Morgan fingerprint density at radius 3 is 1.38 bits per heavy atom. The molecule has 0 heterocycles. The number of carbonyl (C=O) groups is 1. The fourth-order valence-electron chi connectivity index (χ4n) is 6.38. The number of unbranched alkanes of at least 4 members (excludes halogenated alkanes) is 25. The van der Waals surface area contributed by atoms with Gasteiger partial charge in [-0.1, -0.05) is 154 Å². The van der Waals surface area contributed by atoms with Crippen molar-refractivity contribution in [2.45, 2.75) is 213 Å². The Labute approximate surface area is 325 Å². The highest BCUT2D eigenvalue weighted by atomic mass is 16.6. The Balaban J connectivity index is 4.02. The fourth-order valence-corrected chi connectivity index (χ4v) is 6.38. The molecule has 0 aliphatic heterocycles. The van der Waals surface area contributed by atoms with Crippen LogP contribution in [0.2, 0.25) is 0 Å². The number of rotatable bonds is 42. The molecule has 6 nitrogen and oxygen atoms in total. The third-order valence-electron chi connectivity index (χ3n) is 9.82. The van der Waals surface area contributed by atoms with Crippen LogP contribution in [0, 0.1) is 0 Å². The highest BCUT2D eigenvalue weighted by Gasteiger charge is 2.12. The van der Waals surface area contributed by atoms with E-state index in [0.29, 0.717) is 26.4 Å². The van der Waals surface area contributed by atoms with E-state index in [0.717, 1.165) is 38.8 Å². The van der Waals surface area contributed by atoms with Gasteiger partial charge in [-0.2, -0.15) is 0 Å². The van der Waals surface area contributed by atoms with E-state index in [9.17, 15) is 4.79 Å². The number of alkyl carbamates (subject to hydrolysis) is 1. The van der Waals surface area contributed by atoms with Crippen molar-refractivity contribution in [3.05, 3.63) is 24.3 Å². The van der Waals surface area contributed by atoms with E-state index in [1.54, 1.807) is 0 Å². The summed E-state index contributed by atoms with van der Waals surface area (Å²) in [5, 5.41) is 2.91. The first-order chi connectivity index (χ1) is 25.6. The largest absolute Gasteiger partial charge is 0.450 e. The predicted molar refractivity (Wildman–Crippen MR) is 227 cm³/mol. The summed E-state index contributed by atoms with van der Waals surface area (Å²) in [6.45, 7) is 8.43. The van der Waals surface area contributed by atoms with Gasteiger partial charge < -0.3 is 24.4 Å².